The molecular weight excluding hydrogens is 312 g/mol. The van der Waals surface area contributed by atoms with Crippen LogP contribution in [0.4, 0.5) is 0 Å². The Morgan fingerprint density at radius 1 is 1.00 bits per heavy atom. The Bertz CT molecular complexity index is 868. The number of carbonyl (C=O) groups is 2. The van der Waals surface area contributed by atoms with Crippen molar-refractivity contribution in [2.24, 2.45) is 7.05 Å². The van der Waals surface area contributed by atoms with Crippen LogP contribution in [0.3, 0.4) is 0 Å². The van der Waals surface area contributed by atoms with Crippen LogP contribution in [-0.4, -0.2) is 21.1 Å². The maximum absolute atomic E-state index is 12.6. The molecule has 0 saturated heterocycles. The standard InChI is InChI=1S/C18H13ClN2O2/c1-21-11-14(17(22)13-3-2-8-20-10-13)9-16(21)18(23)12-4-6-15(19)7-5-12/h2-11H,1H3. The first kappa shape index (κ1) is 15.2. The summed E-state index contributed by atoms with van der Waals surface area (Å²) >= 11 is 5.84. The van der Waals surface area contributed by atoms with E-state index in [1.165, 1.54) is 6.20 Å². The molecule has 0 amide bonds. The first-order valence-electron chi connectivity index (χ1n) is 6.97. The lowest BCUT2D eigenvalue weighted by molar-refractivity contribution is 0.102. The third kappa shape index (κ3) is 3.07. The number of rotatable bonds is 4. The molecular formula is C18H13ClN2O2. The van der Waals surface area contributed by atoms with Crippen molar-refractivity contribution in [3.8, 4) is 0 Å². The van der Waals surface area contributed by atoms with Crippen molar-refractivity contribution in [2.75, 3.05) is 0 Å². The van der Waals surface area contributed by atoms with Crippen LogP contribution in [0.5, 0.6) is 0 Å². The molecule has 0 saturated carbocycles. The summed E-state index contributed by atoms with van der Waals surface area (Å²) in [5.74, 6) is -0.321. The van der Waals surface area contributed by atoms with E-state index in [4.69, 9.17) is 11.6 Å². The zero-order valence-corrected chi connectivity index (χ0v) is 13.1. The Balaban J connectivity index is 1.93. The Kier molecular flexibility index (Phi) is 4.08. The highest BCUT2D eigenvalue weighted by atomic mass is 35.5. The Hall–Kier alpha value is -2.72. The topological polar surface area (TPSA) is 52.0 Å². The van der Waals surface area contributed by atoms with Crippen molar-refractivity contribution in [1.82, 2.24) is 9.55 Å². The number of pyridine rings is 1. The molecule has 4 nitrogen and oxygen atoms in total. The van der Waals surface area contributed by atoms with Crippen LogP contribution in [0.1, 0.15) is 32.0 Å². The van der Waals surface area contributed by atoms with Gasteiger partial charge in [0.2, 0.25) is 5.78 Å². The second-order valence-corrected chi connectivity index (χ2v) is 5.57. The number of aryl methyl sites for hydroxylation is 1. The van der Waals surface area contributed by atoms with Crippen molar-refractivity contribution < 1.29 is 9.59 Å². The number of hydrogen-bond acceptors (Lipinski definition) is 3. The van der Waals surface area contributed by atoms with Crippen LogP contribution in [0.2, 0.25) is 5.02 Å². The summed E-state index contributed by atoms with van der Waals surface area (Å²) in [6, 6.07) is 11.7. The highest BCUT2D eigenvalue weighted by Crippen LogP contribution is 2.17. The molecule has 0 spiro atoms. The van der Waals surface area contributed by atoms with E-state index in [0.29, 0.717) is 27.4 Å². The monoisotopic (exact) mass is 324 g/mol. The summed E-state index contributed by atoms with van der Waals surface area (Å²) in [7, 11) is 1.74. The van der Waals surface area contributed by atoms with E-state index in [1.54, 1.807) is 66.5 Å². The molecule has 3 aromatic rings. The summed E-state index contributed by atoms with van der Waals surface area (Å²) in [6.07, 6.45) is 4.77. The molecule has 0 bridgehead atoms. The van der Waals surface area contributed by atoms with Crippen LogP contribution >= 0.6 is 11.6 Å². The zero-order chi connectivity index (χ0) is 16.4. The van der Waals surface area contributed by atoms with Crippen LogP contribution in [0, 0.1) is 0 Å². The van der Waals surface area contributed by atoms with Crippen LogP contribution in [0.15, 0.2) is 61.1 Å². The lowest BCUT2D eigenvalue weighted by Crippen LogP contribution is -2.06. The van der Waals surface area contributed by atoms with Crippen molar-refractivity contribution in [1.29, 1.82) is 0 Å². The molecule has 1 aromatic carbocycles. The maximum Gasteiger partial charge on any atom is 0.209 e. The van der Waals surface area contributed by atoms with Gasteiger partial charge in [-0.3, -0.25) is 14.6 Å². The van der Waals surface area contributed by atoms with Crippen LogP contribution in [-0.2, 0) is 7.05 Å². The average Bonchev–Trinajstić information content (AvgIpc) is 2.97. The van der Waals surface area contributed by atoms with Gasteiger partial charge in [-0.1, -0.05) is 11.6 Å². The molecule has 0 radical (unpaired) electrons. The fourth-order valence-electron chi connectivity index (χ4n) is 2.33. The van der Waals surface area contributed by atoms with Crippen LogP contribution < -0.4 is 0 Å². The summed E-state index contributed by atoms with van der Waals surface area (Å²) in [5.41, 5.74) is 1.91. The maximum atomic E-state index is 12.6. The van der Waals surface area contributed by atoms with E-state index in [0.717, 1.165) is 0 Å². The second-order valence-electron chi connectivity index (χ2n) is 5.13. The fourth-order valence-corrected chi connectivity index (χ4v) is 2.45. The third-order valence-corrected chi connectivity index (χ3v) is 3.78. The molecule has 0 fully saturated rings. The lowest BCUT2D eigenvalue weighted by Gasteiger charge is -2.02. The smallest absolute Gasteiger partial charge is 0.209 e. The van der Waals surface area contributed by atoms with Gasteiger partial charge >= 0.3 is 0 Å². The molecule has 0 aliphatic rings. The summed E-state index contributed by atoms with van der Waals surface area (Å²) in [4.78, 5) is 28.9. The minimum Gasteiger partial charge on any atom is -0.347 e. The number of nitrogens with zero attached hydrogens (tertiary/aromatic N) is 2. The van der Waals surface area contributed by atoms with E-state index in [2.05, 4.69) is 4.98 Å². The highest BCUT2D eigenvalue weighted by Gasteiger charge is 2.18. The van der Waals surface area contributed by atoms with Gasteiger partial charge < -0.3 is 4.57 Å². The SMILES string of the molecule is Cn1cc(C(=O)c2cccnc2)cc1C(=O)c1ccc(Cl)cc1. The second kappa shape index (κ2) is 6.18. The Labute approximate surface area is 138 Å². The molecule has 5 heteroatoms. The van der Waals surface area contributed by atoms with Crippen molar-refractivity contribution >= 4 is 23.2 Å². The van der Waals surface area contributed by atoms with E-state index < -0.39 is 0 Å². The molecule has 0 atom stereocenters. The fraction of sp³-hybridized carbons (Fsp3) is 0.0556. The molecule has 2 heterocycles. The van der Waals surface area contributed by atoms with Crippen LogP contribution in [0.25, 0.3) is 0 Å². The van der Waals surface area contributed by atoms with Gasteiger partial charge in [-0.15, -0.1) is 0 Å². The quantitative estimate of drug-likeness (QED) is 0.690. The summed E-state index contributed by atoms with van der Waals surface area (Å²) in [6.45, 7) is 0. The molecule has 23 heavy (non-hydrogen) atoms. The van der Waals surface area contributed by atoms with Gasteiger partial charge in [0.25, 0.3) is 0 Å². The normalized spacial score (nSPS) is 10.5. The molecule has 0 N–H and O–H groups in total. The minimum atomic E-state index is -0.163. The molecule has 3 rings (SSSR count). The van der Waals surface area contributed by atoms with Gasteiger partial charge in [-0.2, -0.15) is 0 Å². The third-order valence-electron chi connectivity index (χ3n) is 3.53. The Morgan fingerprint density at radius 3 is 2.39 bits per heavy atom. The average molecular weight is 325 g/mol. The first-order valence-corrected chi connectivity index (χ1v) is 7.35. The van der Waals surface area contributed by atoms with Gasteiger partial charge in [0, 0.05) is 47.4 Å². The van der Waals surface area contributed by atoms with Crippen molar-refractivity contribution in [3.05, 3.63) is 88.5 Å². The van der Waals surface area contributed by atoms with Gasteiger partial charge in [0.05, 0.1) is 5.69 Å². The molecule has 0 aliphatic heterocycles. The summed E-state index contributed by atoms with van der Waals surface area (Å²) in [5, 5.41) is 0.570. The molecule has 0 unspecified atom stereocenters. The number of benzene rings is 1. The summed E-state index contributed by atoms with van der Waals surface area (Å²) < 4.78 is 1.65. The van der Waals surface area contributed by atoms with Gasteiger partial charge in [-0.05, 0) is 42.5 Å². The molecule has 0 aliphatic carbocycles. The molecule has 114 valence electrons. The van der Waals surface area contributed by atoms with Crippen molar-refractivity contribution in [2.45, 2.75) is 0 Å². The number of carbonyl (C=O) groups excluding carboxylic acids is 2. The van der Waals surface area contributed by atoms with E-state index >= 15 is 0 Å². The number of hydrogen-bond donors (Lipinski definition) is 0. The zero-order valence-electron chi connectivity index (χ0n) is 12.4. The number of halogens is 1. The minimum absolute atomic E-state index is 0.158. The Morgan fingerprint density at radius 2 is 1.74 bits per heavy atom. The largest absolute Gasteiger partial charge is 0.347 e. The first-order chi connectivity index (χ1) is 11.1. The van der Waals surface area contributed by atoms with Crippen molar-refractivity contribution in [3.63, 3.8) is 0 Å². The van der Waals surface area contributed by atoms with Gasteiger partial charge in [0.1, 0.15) is 0 Å². The predicted molar refractivity (Wildman–Crippen MR) is 88.0 cm³/mol. The number of aromatic nitrogens is 2. The predicted octanol–water partition coefficient (Wildman–Crippen LogP) is 3.54. The van der Waals surface area contributed by atoms with E-state index in [1.807, 2.05) is 0 Å². The van der Waals surface area contributed by atoms with E-state index in [9.17, 15) is 9.59 Å². The molecule has 2 aromatic heterocycles. The van der Waals surface area contributed by atoms with Gasteiger partial charge in [-0.25, -0.2) is 0 Å². The number of ketones is 2. The van der Waals surface area contributed by atoms with E-state index in [-0.39, 0.29) is 11.6 Å². The highest BCUT2D eigenvalue weighted by molar-refractivity contribution is 6.30. The lowest BCUT2D eigenvalue weighted by atomic mass is 10.1. The van der Waals surface area contributed by atoms with Gasteiger partial charge in [0.15, 0.2) is 5.78 Å².